The topological polar surface area (TPSA) is 81.1 Å². The molecule has 2 N–H and O–H groups in total. The van der Waals surface area contributed by atoms with Crippen LogP contribution < -0.4 is 15.4 Å². The Kier molecular flexibility index (Phi) is 6.77. The van der Waals surface area contributed by atoms with Gasteiger partial charge in [-0.3, -0.25) is 9.78 Å². The molecule has 4 rings (SSSR count). The van der Waals surface area contributed by atoms with Crippen LogP contribution in [-0.4, -0.2) is 27.6 Å². The van der Waals surface area contributed by atoms with Gasteiger partial charge in [-0.1, -0.05) is 29.3 Å². The Balaban J connectivity index is 1.64. The van der Waals surface area contributed by atoms with Crippen molar-refractivity contribution in [3.05, 3.63) is 75.5 Å². The first kappa shape index (κ1) is 24.6. The molecule has 0 atom stereocenters. The third kappa shape index (κ3) is 4.98. The van der Waals surface area contributed by atoms with E-state index in [0.29, 0.717) is 32.7 Å². The van der Waals surface area contributed by atoms with Crippen molar-refractivity contribution in [3.63, 3.8) is 0 Å². The van der Waals surface area contributed by atoms with Gasteiger partial charge in [-0.05, 0) is 30.3 Å². The number of nitrogens with one attached hydrogen (secondary N) is 2. The van der Waals surface area contributed by atoms with E-state index in [1.165, 1.54) is 25.4 Å². The molecule has 182 valence electrons. The van der Waals surface area contributed by atoms with Crippen molar-refractivity contribution in [3.8, 4) is 5.75 Å². The highest BCUT2D eigenvalue weighted by Gasteiger charge is 2.33. The number of benzene rings is 2. The third-order valence-electron chi connectivity index (χ3n) is 5.26. The number of carbonyl (C=O) groups is 1. The summed E-state index contributed by atoms with van der Waals surface area (Å²) in [6.07, 6.45) is -3.36. The lowest BCUT2D eigenvalue weighted by atomic mass is 10.1. The quantitative estimate of drug-likeness (QED) is 0.325. The van der Waals surface area contributed by atoms with E-state index in [1.54, 1.807) is 35.9 Å². The fourth-order valence-electron chi connectivity index (χ4n) is 3.50. The molecule has 2 aromatic carbocycles. The minimum atomic E-state index is -4.59. The van der Waals surface area contributed by atoms with Crippen LogP contribution in [-0.2, 0) is 19.8 Å². The van der Waals surface area contributed by atoms with Gasteiger partial charge in [-0.2, -0.15) is 13.2 Å². The Bertz CT molecular complexity index is 1400. The molecule has 1 amide bonds. The van der Waals surface area contributed by atoms with Crippen molar-refractivity contribution >= 4 is 51.8 Å². The van der Waals surface area contributed by atoms with Crippen LogP contribution in [0.15, 0.2) is 48.7 Å². The van der Waals surface area contributed by atoms with Gasteiger partial charge in [0.15, 0.2) is 0 Å². The van der Waals surface area contributed by atoms with Crippen molar-refractivity contribution in [2.45, 2.75) is 12.7 Å². The van der Waals surface area contributed by atoms with Crippen LogP contribution in [0.1, 0.15) is 21.6 Å². The molecule has 0 saturated heterocycles. The summed E-state index contributed by atoms with van der Waals surface area (Å²) in [5.74, 6) is -0.0212. The molecule has 0 fully saturated rings. The SMILES string of the molecule is COc1cc2c(cc1C(=O)NCc1ncccc1C(F)(F)F)nc(Nc1c(Cl)cccc1Cl)n2C. The third-order valence-corrected chi connectivity index (χ3v) is 5.89. The van der Waals surface area contributed by atoms with Crippen LogP contribution >= 0.6 is 23.2 Å². The number of fused-ring (bicyclic) bond motifs is 1. The highest BCUT2D eigenvalue weighted by Crippen LogP contribution is 2.34. The molecule has 0 aliphatic carbocycles. The molecular weight excluding hydrogens is 506 g/mol. The monoisotopic (exact) mass is 523 g/mol. The van der Waals surface area contributed by atoms with Gasteiger partial charge in [-0.25, -0.2) is 4.98 Å². The van der Waals surface area contributed by atoms with E-state index in [4.69, 9.17) is 27.9 Å². The minimum absolute atomic E-state index is 0.102. The fourth-order valence-corrected chi connectivity index (χ4v) is 3.99. The molecule has 0 unspecified atom stereocenters. The number of ether oxygens (including phenoxy) is 1. The molecule has 2 aromatic heterocycles. The zero-order chi connectivity index (χ0) is 25.3. The van der Waals surface area contributed by atoms with E-state index in [2.05, 4.69) is 20.6 Å². The van der Waals surface area contributed by atoms with Crippen LogP contribution in [0.4, 0.5) is 24.8 Å². The van der Waals surface area contributed by atoms with Gasteiger partial charge in [0.25, 0.3) is 5.91 Å². The van der Waals surface area contributed by atoms with Crippen LogP contribution in [0.2, 0.25) is 10.0 Å². The first-order valence-electron chi connectivity index (χ1n) is 10.1. The number of aromatic nitrogens is 3. The molecule has 2 heterocycles. The molecule has 0 saturated carbocycles. The summed E-state index contributed by atoms with van der Waals surface area (Å²) < 4.78 is 46.8. The molecular formula is C23H18Cl2F3N5O2. The minimum Gasteiger partial charge on any atom is -0.496 e. The Morgan fingerprint density at radius 2 is 1.86 bits per heavy atom. The van der Waals surface area contributed by atoms with Gasteiger partial charge >= 0.3 is 6.18 Å². The van der Waals surface area contributed by atoms with Gasteiger partial charge in [0.05, 0.1) is 57.2 Å². The molecule has 7 nitrogen and oxygen atoms in total. The lowest BCUT2D eigenvalue weighted by Gasteiger charge is -2.13. The summed E-state index contributed by atoms with van der Waals surface area (Å²) in [5.41, 5.74) is 0.432. The molecule has 0 bridgehead atoms. The average molecular weight is 524 g/mol. The molecule has 4 aromatic rings. The molecule has 0 radical (unpaired) electrons. The maximum absolute atomic E-state index is 13.2. The number of aryl methyl sites for hydroxylation is 1. The van der Waals surface area contributed by atoms with E-state index >= 15 is 0 Å². The smallest absolute Gasteiger partial charge is 0.418 e. The number of amides is 1. The number of para-hydroxylation sites is 1. The van der Waals surface area contributed by atoms with Gasteiger partial charge in [-0.15, -0.1) is 0 Å². The number of pyridine rings is 1. The molecule has 0 spiro atoms. The van der Waals surface area contributed by atoms with Crippen LogP contribution in [0.3, 0.4) is 0 Å². The first-order valence-corrected chi connectivity index (χ1v) is 10.9. The van der Waals surface area contributed by atoms with Crippen molar-refractivity contribution in [1.82, 2.24) is 19.9 Å². The fraction of sp³-hybridized carbons (Fsp3) is 0.174. The maximum Gasteiger partial charge on any atom is 0.418 e. The first-order chi connectivity index (χ1) is 16.6. The summed E-state index contributed by atoms with van der Waals surface area (Å²) >= 11 is 12.5. The van der Waals surface area contributed by atoms with E-state index in [0.717, 1.165) is 6.07 Å². The maximum atomic E-state index is 13.2. The number of methoxy groups -OCH3 is 1. The van der Waals surface area contributed by atoms with E-state index < -0.39 is 24.2 Å². The van der Waals surface area contributed by atoms with Gasteiger partial charge < -0.3 is 19.9 Å². The highest BCUT2D eigenvalue weighted by molar-refractivity contribution is 6.39. The van der Waals surface area contributed by atoms with E-state index in [1.807, 2.05) is 0 Å². The summed E-state index contributed by atoms with van der Waals surface area (Å²) in [6.45, 7) is -0.421. The lowest BCUT2D eigenvalue weighted by Crippen LogP contribution is -2.25. The summed E-state index contributed by atoms with van der Waals surface area (Å²) in [5, 5.41) is 6.36. The van der Waals surface area contributed by atoms with Crippen molar-refractivity contribution in [2.75, 3.05) is 12.4 Å². The Labute approximate surface area is 207 Å². The predicted octanol–water partition coefficient (Wildman–Crippen LogP) is 5.98. The zero-order valence-corrected chi connectivity index (χ0v) is 19.9. The standard InChI is InChI=1S/C23H18Cl2F3N5O2/c1-33-18-10-19(35-2)12(21(34)30-11-17-13(23(26,27)28)5-4-8-29-17)9-16(18)31-22(33)32-20-14(24)6-3-7-15(20)25/h3-10H,11H2,1-2H3,(H,30,34)(H,31,32). The zero-order valence-electron chi connectivity index (χ0n) is 18.4. The summed E-state index contributed by atoms with van der Waals surface area (Å²) in [4.78, 5) is 21.2. The molecule has 12 heteroatoms. The van der Waals surface area contributed by atoms with Gasteiger partial charge in [0.1, 0.15) is 5.75 Å². The number of imidazole rings is 1. The second-order valence-electron chi connectivity index (χ2n) is 7.44. The number of alkyl halides is 3. The molecule has 0 aliphatic heterocycles. The second kappa shape index (κ2) is 9.63. The summed E-state index contributed by atoms with van der Waals surface area (Å²) in [6, 6.07) is 10.3. The van der Waals surface area contributed by atoms with Crippen molar-refractivity contribution in [1.29, 1.82) is 0 Å². The number of anilines is 2. The average Bonchev–Trinajstić information content (AvgIpc) is 3.13. The largest absolute Gasteiger partial charge is 0.496 e. The number of rotatable bonds is 6. The van der Waals surface area contributed by atoms with Gasteiger partial charge in [0, 0.05) is 19.3 Å². The Morgan fingerprint density at radius 3 is 2.51 bits per heavy atom. The highest BCUT2D eigenvalue weighted by atomic mass is 35.5. The van der Waals surface area contributed by atoms with Crippen molar-refractivity contribution < 1.29 is 22.7 Å². The van der Waals surface area contributed by atoms with Crippen LogP contribution in [0.25, 0.3) is 11.0 Å². The Morgan fingerprint density at radius 1 is 1.14 bits per heavy atom. The number of nitrogens with zero attached hydrogens (tertiary/aromatic N) is 3. The summed E-state index contributed by atoms with van der Waals surface area (Å²) in [7, 11) is 3.14. The van der Waals surface area contributed by atoms with Crippen LogP contribution in [0, 0.1) is 0 Å². The van der Waals surface area contributed by atoms with Crippen molar-refractivity contribution in [2.24, 2.45) is 7.05 Å². The molecule has 0 aliphatic rings. The number of hydrogen-bond acceptors (Lipinski definition) is 5. The number of carbonyl (C=O) groups excluding carboxylic acids is 1. The normalized spacial score (nSPS) is 11.5. The molecule has 35 heavy (non-hydrogen) atoms. The number of hydrogen-bond donors (Lipinski definition) is 2. The van der Waals surface area contributed by atoms with Gasteiger partial charge in [0.2, 0.25) is 5.95 Å². The Hall–Kier alpha value is -3.50. The lowest BCUT2D eigenvalue weighted by molar-refractivity contribution is -0.138. The van der Waals surface area contributed by atoms with Crippen LogP contribution in [0.5, 0.6) is 5.75 Å². The van der Waals surface area contributed by atoms with E-state index in [9.17, 15) is 18.0 Å². The van der Waals surface area contributed by atoms with E-state index in [-0.39, 0.29) is 17.0 Å². The predicted molar refractivity (Wildman–Crippen MR) is 127 cm³/mol. The number of halogens is 5. The second-order valence-corrected chi connectivity index (χ2v) is 8.25.